The Morgan fingerprint density at radius 3 is 2.86 bits per heavy atom. The fourth-order valence-corrected chi connectivity index (χ4v) is 2.89. The molecule has 1 aliphatic heterocycles. The first-order chi connectivity index (χ1) is 10.3. The van der Waals surface area contributed by atoms with E-state index in [0.717, 1.165) is 45.3 Å². The van der Waals surface area contributed by atoms with Crippen molar-refractivity contribution >= 4 is 5.91 Å². The molecule has 1 fully saturated rings. The third-order valence-corrected chi connectivity index (χ3v) is 3.98. The van der Waals surface area contributed by atoms with Gasteiger partial charge in [-0.25, -0.2) is 0 Å². The largest absolute Gasteiger partial charge is 0.352 e. The van der Waals surface area contributed by atoms with Gasteiger partial charge >= 0.3 is 0 Å². The van der Waals surface area contributed by atoms with Crippen LogP contribution in [-0.4, -0.2) is 36.5 Å². The molecule has 0 saturated carbocycles. The summed E-state index contributed by atoms with van der Waals surface area (Å²) in [6.07, 6.45) is 4.67. The van der Waals surface area contributed by atoms with Crippen LogP contribution in [0, 0.1) is 0 Å². The molecule has 116 valence electrons. The zero-order chi connectivity index (χ0) is 14.9. The highest BCUT2D eigenvalue weighted by Crippen LogP contribution is 2.14. The van der Waals surface area contributed by atoms with Crippen LogP contribution in [0.5, 0.6) is 0 Å². The second-order valence-corrected chi connectivity index (χ2v) is 5.87. The van der Waals surface area contributed by atoms with Crippen molar-refractivity contribution in [3.8, 4) is 0 Å². The maximum Gasteiger partial charge on any atom is 0.220 e. The molecule has 1 aromatic carbocycles. The number of benzene rings is 1. The lowest BCUT2D eigenvalue weighted by molar-refractivity contribution is -0.122. The van der Waals surface area contributed by atoms with E-state index in [-0.39, 0.29) is 5.91 Å². The number of unbranched alkanes of at least 4 members (excludes halogenated alkanes) is 1. The van der Waals surface area contributed by atoms with Crippen molar-refractivity contribution in [2.75, 3.05) is 19.6 Å². The van der Waals surface area contributed by atoms with Crippen LogP contribution in [0.1, 0.15) is 37.7 Å². The highest BCUT2D eigenvalue weighted by atomic mass is 16.1. The van der Waals surface area contributed by atoms with E-state index in [0.29, 0.717) is 19.0 Å². The molecule has 4 heteroatoms. The van der Waals surface area contributed by atoms with Gasteiger partial charge in [0.1, 0.15) is 0 Å². The van der Waals surface area contributed by atoms with E-state index < -0.39 is 0 Å². The van der Waals surface area contributed by atoms with Gasteiger partial charge in [0, 0.05) is 25.6 Å². The molecule has 21 heavy (non-hydrogen) atoms. The van der Waals surface area contributed by atoms with Crippen molar-refractivity contribution in [3.05, 3.63) is 35.9 Å². The third-order valence-electron chi connectivity index (χ3n) is 3.98. The highest BCUT2D eigenvalue weighted by Gasteiger charge is 2.21. The van der Waals surface area contributed by atoms with Gasteiger partial charge in [0.25, 0.3) is 0 Å². The van der Waals surface area contributed by atoms with E-state index in [4.69, 9.17) is 5.73 Å². The quantitative estimate of drug-likeness (QED) is 0.754. The first-order valence-corrected chi connectivity index (χ1v) is 8.03. The predicted octanol–water partition coefficient (Wildman–Crippen LogP) is 1.90. The average molecular weight is 289 g/mol. The smallest absolute Gasteiger partial charge is 0.220 e. The van der Waals surface area contributed by atoms with Crippen molar-refractivity contribution in [1.29, 1.82) is 0 Å². The molecule has 4 nitrogen and oxygen atoms in total. The van der Waals surface area contributed by atoms with Crippen LogP contribution in [0.3, 0.4) is 0 Å². The average Bonchev–Trinajstić information content (AvgIpc) is 2.49. The van der Waals surface area contributed by atoms with Crippen LogP contribution in [-0.2, 0) is 11.3 Å². The van der Waals surface area contributed by atoms with Gasteiger partial charge in [0.05, 0.1) is 0 Å². The Balaban J connectivity index is 1.74. The van der Waals surface area contributed by atoms with Gasteiger partial charge in [-0.2, -0.15) is 0 Å². The lowest BCUT2D eigenvalue weighted by atomic mass is 10.0. The minimum atomic E-state index is 0.176. The number of nitrogens with two attached hydrogens (primary N) is 1. The number of carbonyl (C=O) groups is 1. The number of likely N-dealkylation sites (tertiary alicyclic amines) is 1. The molecule has 3 N–H and O–H groups in total. The van der Waals surface area contributed by atoms with Crippen LogP contribution in [0.25, 0.3) is 0 Å². The summed E-state index contributed by atoms with van der Waals surface area (Å²) in [5.41, 5.74) is 6.79. The van der Waals surface area contributed by atoms with Gasteiger partial charge in [-0.15, -0.1) is 0 Å². The third kappa shape index (κ3) is 5.86. The molecule has 2 rings (SSSR count). The van der Waals surface area contributed by atoms with Crippen molar-refractivity contribution in [2.45, 2.75) is 44.7 Å². The van der Waals surface area contributed by atoms with Crippen LogP contribution < -0.4 is 11.1 Å². The Morgan fingerprint density at radius 2 is 2.10 bits per heavy atom. The Bertz CT molecular complexity index is 421. The monoisotopic (exact) mass is 289 g/mol. The molecular formula is C17H27N3O. The van der Waals surface area contributed by atoms with E-state index in [9.17, 15) is 4.79 Å². The van der Waals surface area contributed by atoms with Crippen molar-refractivity contribution in [3.63, 3.8) is 0 Å². The Hall–Kier alpha value is -1.39. The number of rotatable bonds is 7. The van der Waals surface area contributed by atoms with E-state index in [2.05, 4.69) is 34.5 Å². The number of hydrogen-bond donors (Lipinski definition) is 2. The van der Waals surface area contributed by atoms with Crippen LogP contribution in [0.15, 0.2) is 30.3 Å². The van der Waals surface area contributed by atoms with Gasteiger partial charge in [-0.1, -0.05) is 30.3 Å². The lowest BCUT2D eigenvalue weighted by Crippen LogP contribution is -2.47. The molecule has 1 aliphatic rings. The summed E-state index contributed by atoms with van der Waals surface area (Å²) in [6.45, 7) is 3.72. The molecule has 0 radical (unpaired) electrons. The van der Waals surface area contributed by atoms with E-state index in [1.807, 2.05) is 6.07 Å². The maximum absolute atomic E-state index is 11.9. The normalized spacial score (nSPS) is 19.4. The summed E-state index contributed by atoms with van der Waals surface area (Å²) < 4.78 is 0. The molecule has 0 spiro atoms. The summed E-state index contributed by atoms with van der Waals surface area (Å²) in [7, 11) is 0. The number of amides is 1. The number of hydrogen-bond acceptors (Lipinski definition) is 3. The van der Waals surface area contributed by atoms with Gasteiger partial charge < -0.3 is 11.1 Å². The van der Waals surface area contributed by atoms with Gasteiger partial charge in [-0.3, -0.25) is 9.69 Å². The summed E-state index contributed by atoms with van der Waals surface area (Å²) >= 11 is 0. The lowest BCUT2D eigenvalue weighted by Gasteiger charge is -2.33. The van der Waals surface area contributed by atoms with Crippen LogP contribution >= 0.6 is 0 Å². The highest BCUT2D eigenvalue weighted by molar-refractivity contribution is 5.76. The maximum atomic E-state index is 11.9. The Labute approximate surface area is 127 Å². The van der Waals surface area contributed by atoms with E-state index >= 15 is 0 Å². The standard InChI is InChI=1S/C17H27N3O/c18-11-5-4-10-17(21)19-16-9-6-12-20(14-16)13-15-7-2-1-3-8-15/h1-3,7-8,16H,4-6,9-14,18H2,(H,19,21). The molecule has 0 bridgehead atoms. The van der Waals surface area contributed by atoms with E-state index in [1.165, 1.54) is 5.56 Å². The molecule has 1 saturated heterocycles. The van der Waals surface area contributed by atoms with Crippen molar-refractivity contribution < 1.29 is 4.79 Å². The van der Waals surface area contributed by atoms with Crippen LogP contribution in [0.2, 0.25) is 0 Å². The second kappa shape index (κ2) is 8.80. The zero-order valence-electron chi connectivity index (χ0n) is 12.8. The number of nitrogens with zero attached hydrogens (tertiary/aromatic N) is 1. The SMILES string of the molecule is NCCCCC(=O)NC1CCCN(Cc2ccccc2)C1. The zero-order valence-corrected chi connectivity index (χ0v) is 12.8. The molecule has 1 heterocycles. The van der Waals surface area contributed by atoms with E-state index in [1.54, 1.807) is 0 Å². The molecular weight excluding hydrogens is 262 g/mol. The number of nitrogens with one attached hydrogen (secondary N) is 1. The minimum absolute atomic E-state index is 0.176. The number of piperidine rings is 1. The first-order valence-electron chi connectivity index (χ1n) is 8.03. The minimum Gasteiger partial charge on any atom is -0.352 e. The molecule has 0 aliphatic carbocycles. The summed E-state index contributed by atoms with van der Waals surface area (Å²) in [6, 6.07) is 10.8. The topological polar surface area (TPSA) is 58.4 Å². The molecule has 1 aromatic rings. The van der Waals surface area contributed by atoms with Crippen molar-refractivity contribution in [1.82, 2.24) is 10.2 Å². The predicted molar refractivity (Wildman–Crippen MR) is 85.8 cm³/mol. The summed E-state index contributed by atoms with van der Waals surface area (Å²) in [4.78, 5) is 14.3. The number of carbonyl (C=O) groups excluding carboxylic acids is 1. The second-order valence-electron chi connectivity index (χ2n) is 5.87. The Morgan fingerprint density at radius 1 is 1.29 bits per heavy atom. The molecule has 1 amide bonds. The fraction of sp³-hybridized carbons (Fsp3) is 0.588. The molecule has 1 atom stereocenters. The summed E-state index contributed by atoms with van der Waals surface area (Å²) in [5, 5.41) is 3.17. The van der Waals surface area contributed by atoms with Crippen LogP contribution in [0.4, 0.5) is 0 Å². The van der Waals surface area contributed by atoms with Gasteiger partial charge in [-0.05, 0) is 44.3 Å². The Kier molecular flexibility index (Phi) is 6.70. The van der Waals surface area contributed by atoms with Crippen molar-refractivity contribution in [2.24, 2.45) is 5.73 Å². The van der Waals surface area contributed by atoms with Gasteiger partial charge in [0.15, 0.2) is 0 Å². The molecule has 0 aromatic heterocycles. The summed E-state index contributed by atoms with van der Waals surface area (Å²) in [5.74, 6) is 0.176. The fourth-order valence-electron chi connectivity index (χ4n) is 2.89. The molecule has 1 unspecified atom stereocenters. The van der Waals surface area contributed by atoms with Gasteiger partial charge in [0.2, 0.25) is 5.91 Å². The first kappa shape index (κ1) is 16.0.